The normalized spacial score (nSPS) is 12.8. The first-order valence-electron chi connectivity index (χ1n) is 7.88. The summed E-state index contributed by atoms with van der Waals surface area (Å²) >= 11 is 24.3. The number of benzene rings is 3. The monoisotopic (exact) mass is 458 g/mol. The van der Waals surface area contributed by atoms with E-state index < -0.39 is 16.4 Å². The van der Waals surface area contributed by atoms with Gasteiger partial charge in [0.1, 0.15) is 5.60 Å². The quantitative estimate of drug-likeness (QED) is 0.483. The highest BCUT2D eigenvalue weighted by molar-refractivity contribution is 7.85. The third-order valence-corrected chi connectivity index (χ3v) is 7.06. The van der Waals surface area contributed by atoms with Crippen LogP contribution in [0.4, 0.5) is 0 Å². The molecule has 0 saturated heterocycles. The van der Waals surface area contributed by atoms with E-state index in [1.165, 1.54) is 0 Å². The maximum Gasteiger partial charge on any atom is 0.126 e. The molecular weight excluding hydrogens is 446 g/mol. The second-order valence-corrected chi connectivity index (χ2v) is 8.99. The minimum Gasteiger partial charge on any atom is -0.379 e. The van der Waals surface area contributed by atoms with E-state index in [0.717, 1.165) is 0 Å². The van der Waals surface area contributed by atoms with Gasteiger partial charge in [-0.25, -0.2) is 0 Å². The summed E-state index contributed by atoms with van der Waals surface area (Å²) in [5, 5.41) is 13.2. The predicted molar refractivity (Wildman–Crippen MR) is 114 cm³/mol. The highest BCUT2D eigenvalue weighted by Crippen LogP contribution is 2.36. The Hall–Kier alpha value is -1.07. The van der Waals surface area contributed by atoms with Crippen LogP contribution < -0.4 is 0 Å². The summed E-state index contributed by atoms with van der Waals surface area (Å²) in [7, 11) is -1.67. The Labute approximate surface area is 180 Å². The molecule has 7 heteroatoms. The largest absolute Gasteiger partial charge is 0.379 e. The number of halogens is 4. The van der Waals surface area contributed by atoms with Crippen molar-refractivity contribution in [2.45, 2.75) is 10.5 Å². The molecule has 0 saturated carbocycles. The first kappa shape index (κ1) is 20.7. The summed E-state index contributed by atoms with van der Waals surface area (Å²) in [5.74, 6) is -0.139. The van der Waals surface area contributed by atoms with Gasteiger partial charge in [0.15, 0.2) is 0 Å². The molecule has 3 aromatic carbocycles. The molecule has 0 aliphatic heterocycles. The number of aliphatic hydroxyl groups is 1. The molecule has 2 nitrogen and oxygen atoms in total. The molecular formula is C20H14Cl4O2S. The summed E-state index contributed by atoms with van der Waals surface area (Å²) in [6, 6.07) is 18.4. The van der Waals surface area contributed by atoms with Crippen LogP contribution in [0, 0.1) is 0 Å². The first-order valence-corrected chi connectivity index (χ1v) is 10.7. The van der Waals surface area contributed by atoms with Crippen LogP contribution in [-0.2, 0) is 16.4 Å². The van der Waals surface area contributed by atoms with Gasteiger partial charge in [0.25, 0.3) is 0 Å². The van der Waals surface area contributed by atoms with E-state index in [1.807, 2.05) is 0 Å². The number of hydrogen-bond donors (Lipinski definition) is 1. The highest BCUT2D eigenvalue weighted by atomic mass is 35.5. The molecule has 27 heavy (non-hydrogen) atoms. The Balaban J connectivity index is 2.08. The molecule has 0 spiro atoms. The van der Waals surface area contributed by atoms with Crippen LogP contribution in [-0.4, -0.2) is 15.1 Å². The standard InChI is InChI=1S/C20H14Cl4O2S/c21-15-8-4-13(5-9-15)20(25,14-6-10-16(22)11-7-14)12-27(26)19-17(23)2-1-3-18(19)24/h1-11,25H,12H2. The van der Waals surface area contributed by atoms with E-state index in [9.17, 15) is 9.32 Å². The van der Waals surface area contributed by atoms with Crippen molar-refractivity contribution in [3.63, 3.8) is 0 Å². The van der Waals surface area contributed by atoms with E-state index in [4.69, 9.17) is 46.4 Å². The summed E-state index contributed by atoms with van der Waals surface area (Å²) < 4.78 is 13.1. The predicted octanol–water partition coefficient (Wildman–Crippen LogP) is 6.34. The second kappa shape index (κ2) is 8.52. The maximum atomic E-state index is 13.1. The van der Waals surface area contributed by atoms with E-state index in [0.29, 0.717) is 26.1 Å². The highest BCUT2D eigenvalue weighted by Gasteiger charge is 2.35. The van der Waals surface area contributed by atoms with Crippen molar-refractivity contribution in [2.24, 2.45) is 0 Å². The molecule has 1 atom stereocenters. The van der Waals surface area contributed by atoms with Crippen LogP contribution in [0.3, 0.4) is 0 Å². The summed E-state index contributed by atoms with van der Waals surface area (Å²) in [4.78, 5) is 0.294. The minimum atomic E-state index is -1.67. The molecule has 3 rings (SSSR count). The molecule has 1 N–H and O–H groups in total. The van der Waals surface area contributed by atoms with Crippen molar-refractivity contribution in [2.75, 3.05) is 5.75 Å². The summed E-state index contributed by atoms with van der Waals surface area (Å²) in [6.07, 6.45) is 0. The lowest BCUT2D eigenvalue weighted by Crippen LogP contribution is -2.34. The fourth-order valence-electron chi connectivity index (χ4n) is 2.75. The number of rotatable bonds is 5. The fraction of sp³-hybridized carbons (Fsp3) is 0.100. The van der Waals surface area contributed by atoms with Gasteiger partial charge in [0, 0.05) is 10.0 Å². The molecule has 0 amide bonds. The van der Waals surface area contributed by atoms with Crippen molar-refractivity contribution in [3.8, 4) is 0 Å². The van der Waals surface area contributed by atoms with Gasteiger partial charge in [0.2, 0.25) is 0 Å². The average molecular weight is 460 g/mol. The van der Waals surface area contributed by atoms with Crippen LogP contribution >= 0.6 is 46.4 Å². The van der Waals surface area contributed by atoms with Crippen LogP contribution in [0.25, 0.3) is 0 Å². The lowest BCUT2D eigenvalue weighted by Gasteiger charge is -2.29. The van der Waals surface area contributed by atoms with Crippen molar-refractivity contribution < 1.29 is 9.32 Å². The van der Waals surface area contributed by atoms with E-state index >= 15 is 0 Å². The molecule has 0 aliphatic rings. The van der Waals surface area contributed by atoms with Gasteiger partial charge >= 0.3 is 0 Å². The summed E-state index contributed by atoms with van der Waals surface area (Å²) in [5.41, 5.74) is -0.459. The Morgan fingerprint density at radius 3 is 1.56 bits per heavy atom. The maximum absolute atomic E-state index is 13.1. The topological polar surface area (TPSA) is 37.3 Å². The second-order valence-electron chi connectivity index (χ2n) is 5.91. The number of hydrogen-bond acceptors (Lipinski definition) is 2. The van der Waals surface area contributed by atoms with Gasteiger partial charge < -0.3 is 5.11 Å². The third-order valence-electron chi connectivity index (χ3n) is 4.13. The first-order chi connectivity index (χ1) is 12.8. The Morgan fingerprint density at radius 1 is 0.741 bits per heavy atom. The Morgan fingerprint density at radius 2 is 1.15 bits per heavy atom. The summed E-state index contributed by atoms with van der Waals surface area (Å²) in [6.45, 7) is 0. The van der Waals surface area contributed by atoms with Crippen molar-refractivity contribution in [1.82, 2.24) is 0 Å². The van der Waals surface area contributed by atoms with Crippen LogP contribution in [0.2, 0.25) is 20.1 Å². The van der Waals surface area contributed by atoms with Crippen LogP contribution in [0.1, 0.15) is 11.1 Å². The fourth-order valence-corrected chi connectivity index (χ4v) is 5.34. The van der Waals surface area contributed by atoms with Crippen molar-refractivity contribution >= 4 is 57.2 Å². The molecule has 0 fully saturated rings. The lowest BCUT2D eigenvalue weighted by atomic mass is 9.88. The molecule has 0 aliphatic carbocycles. The lowest BCUT2D eigenvalue weighted by molar-refractivity contribution is 0.106. The van der Waals surface area contributed by atoms with Crippen LogP contribution in [0.5, 0.6) is 0 Å². The molecule has 0 radical (unpaired) electrons. The molecule has 140 valence electrons. The van der Waals surface area contributed by atoms with Gasteiger partial charge in [-0.1, -0.05) is 76.7 Å². The smallest absolute Gasteiger partial charge is 0.126 e. The van der Waals surface area contributed by atoms with Gasteiger partial charge in [-0.3, -0.25) is 4.21 Å². The average Bonchev–Trinajstić information content (AvgIpc) is 2.62. The SMILES string of the molecule is O=S(CC(O)(c1ccc(Cl)cc1)c1ccc(Cl)cc1)c1c(Cl)cccc1Cl. The molecule has 1 unspecified atom stereocenters. The molecule has 3 aromatic rings. The molecule has 0 bridgehead atoms. The van der Waals surface area contributed by atoms with Gasteiger partial charge in [0.05, 0.1) is 31.5 Å². The minimum absolute atomic E-state index is 0.139. The third kappa shape index (κ3) is 4.51. The van der Waals surface area contributed by atoms with E-state index in [-0.39, 0.29) is 15.8 Å². The van der Waals surface area contributed by atoms with Gasteiger partial charge in [-0.05, 0) is 47.5 Å². The Kier molecular flexibility index (Phi) is 6.52. The van der Waals surface area contributed by atoms with E-state index in [1.54, 1.807) is 66.7 Å². The Bertz CT molecular complexity index is 907. The molecule has 0 aromatic heterocycles. The van der Waals surface area contributed by atoms with Crippen molar-refractivity contribution in [3.05, 3.63) is 97.9 Å². The van der Waals surface area contributed by atoms with Crippen LogP contribution in [0.15, 0.2) is 71.6 Å². The van der Waals surface area contributed by atoms with E-state index in [2.05, 4.69) is 0 Å². The zero-order chi connectivity index (χ0) is 19.6. The zero-order valence-corrected chi connectivity index (χ0v) is 17.7. The molecule has 0 heterocycles. The van der Waals surface area contributed by atoms with Crippen molar-refractivity contribution in [1.29, 1.82) is 0 Å². The van der Waals surface area contributed by atoms with Gasteiger partial charge in [-0.2, -0.15) is 0 Å². The zero-order valence-electron chi connectivity index (χ0n) is 13.8. The van der Waals surface area contributed by atoms with Gasteiger partial charge in [-0.15, -0.1) is 0 Å².